The van der Waals surface area contributed by atoms with E-state index in [1.807, 2.05) is 24.3 Å². The number of anilines is 2. The van der Waals surface area contributed by atoms with Gasteiger partial charge in [0.2, 0.25) is 0 Å². The van der Waals surface area contributed by atoms with E-state index in [0.29, 0.717) is 32.9 Å². The quantitative estimate of drug-likeness (QED) is 0.574. The SMILES string of the molecule is CCCCc1cc(N)c2c(c1N)C(=S)c1ccccc1C2=O. The molecule has 0 spiro atoms. The first kappa shape index (κ1) is 14.7. The minimum Gasteiger partial charge on any atom is -0.398 e. The van der Waals surface area contributed by atoms with Crippen LogP contribution in [0, 0.1) is 0 Å². The Morgan fingerprint density at radius 1 is 1.09 bits per heavy atom. The smallest absolute Gasteiger partial charge is 0.196 e. The molecule has 0 heterocycles. The summed E-state index contributed by atoms with van der Waals surface area (Å²) in [5.41, 5.74) is 17.0. The predicted molar refractivity (Wildman–Crippen MR) is 94.6 cm³/mol. The van der Waals surface area contributed by atoms with E-state index in [1.165, 1.54) is 0 Å². The number of unbranched alkanes of at least 4 members (excludes halogenated alkanes) is 1. The van der Waals surface area contributed by atoms with Gasteiger partial charge in [0.05, 0.1) is 10.4 Å². The van der Waals surface area contributed by atoms with Crippen LogP contribution in [0.3, 0.4) is 0 Å². The molecule has 3 rings (SSSR count). The van der Waals surface area contributed by atoms with E-state index in [2.05, 4.69) is 6.92 Å². The fourth-order valence-corrected chi connectivity index (χ4v) is 3.37. The molecule has 0 amide bonds. The van der Waals surface area contributed by atoms with Crippen LogP contribution in [0.1, 0.15) is 52.4 Å². The van der Waals surface area contributed by atoms with E-state index in [4.69, 9.17) is 23.7 Å². The zero-order valence-corrected chi connectivity index (χ0v) is 13.3. The summed E-state index contributed by atoms with van der Waals surface area (Å²) in [7, 11) is 0. The van der Waals surface area contributed by atoms with Gasteiger partial charge in [-0.2, -0.15) is 0 Å². The number of thiocarbonyl (C=S) groups is 1. The maximum absolute atomic E-state index is 12.8. The molecule has 1 aliphatic carbocycles. The fraction of sp³-hybridized carbons (Fsp3) is 0.222. The van der Waals surface area contributed by atoms with Crippen molar-refractivity contribution in [3.8, 4) is 0 Å². The molecule has 112 valence electrons. The van der Waals surface area contributed by atoms with Gasteiger partial charge in [-0.15, -0.1) is 0 Å². The van der Waals surface area contributed by atoms with Crippen LogP contribution < -0.4 is 11.5 Å². The maximum atomic E-state index is 12.8. The molecule has 0 aliphatic heterocycles. The van der Waals surface area contributed by atoms with Gasteiger partial charge in [-0.25, -0.2) is 0 Å². The first-order valence-electron chi connectivity index (χ1n) is 7.45. The lowest BCUT2D eigenvalue weighted by molar-refractivity contribution is 0.103. The molecule has 0 saturated heterocycles. The Labute approximate surface area is 135 Å². The minimum absolute atomic E-state index is 0.0922. The molecule has 3 nitrogen and oxygen atoms in total. The fourth-order valence-electron chi connectivity index (χ4n) is 2.98. The molecule has 0 fully saturated rings. The van der Waals surface area contributed by atoms with Gasteiger partial charge >= 0.3 is 0 Å². The van der Waals surface area contributed by atoms with Crippen molar-refractivity contribution in [3.05, 3.63) is 58.1 Å². The van der Waals surface area contributed by atoms with Crippen LogP contribution in [0.15, 0.2) is 30.3 Å². The van der Waals surface area contributed by atoms with Crippen LogP contribution in [0.5, 0.6) is 0 Å². The molecule has 0 radical (unpaired) electrons. The largest absolute Gasteiger partial charge is 0.398 e. The number of hydrogen-bond acceptors (Lipinski definition) is 4. The monoisotopic (exact) mass is 310 g/mol. The molecular weight excluding hydrogens is 292 g/mol. The van der Waals surface area contributed by atoms with Crippen molar-refractivity contribution in [2.45, 2.75) is 26.2 Å². The van der Waals surface area contributed by atoms with Gasteiger partial charge in [0.25, 0.3) is 0 Å². The van der Waals surface area contributed by atoms with Gasteiger partial charge in [0.1, 0.15) is 0 Å². The second-order valence-electron chi connectivity index (χ2n) is 5.60. The molecule has 0 unspecified atom stereocenters. The standard InChI is InChI=1S/C18H18N2OS/c1-2-3-6-10-9-13(19)14-15(16(10)20)18(22)12-8-5-4-7-11(12)17(14)21/h4-5,7-9H,2-3,6,19-20H2,1H3. The van der Waals surface area contributed by atoms with E-state index in [0.717, 1.165) is 30.4 Å². The highest BCUT2D eigenvalue weighted by Crippen LogP contribution is 2.37. The Morgan fingerprint density at radius 3 is 2.45 bits per heavy atom. The third-order valence-electron chi connectivity index (χ3n) is 4.15. The summed E-state index contributed by atoms with van der Waals surface area (Å²) in [5, 5.41) is 0. The van der Waals surface area contributed by atoms with Crippen molar-refractivity contribution < 1.29 is 4.79 Å². The second-order valence-corrected chi connectivity index (χ2v) is 6.00. The van der Waals surface area contributed by atoms with Gasteiger partial charge in [-0.1, -0.05) is 49.8 Å². The molecule has 4 heteroatoms. The molecule has 0 atom stereocenters. The Morgan fingerprint density at radius 2 is 1.77 bits per heavy atom. The lowest BCUT2D eigenvalue weighted by Crippen LogP contribution is -2.24. The zero-order chi connectivity index (χ0) is 15.9. The van der Waals surface area contributed by atoms with Crippen LogP contribution in [0.4, 0.5) is 11.4 Å². The summed E-state index contributed by atoms with van der Waals surface area (Å²) in [6, 6.07) is 9.20. The normalized spacial score (nSPS) is 13.0. The predicted octanol–water partition coefficient (Wildman–Crippen LogP) is 3.50. The lowest BCUT2D eigenvalue weighted by Gasteiger charge is -2.24. The van der Waals surface area contributed by atoms with E-state index in [9.17, 15) is 4.79 Å². The number of fused-ring (bicyclic) bond motifs is 2. The maximum Gasteiger partial charge on any atom is 0.196 e. The Hall–Kier alpha value is -2.20. The minimum atomic E-state index is -0.0922. The van der Waals surface area contributed by atoms with Crippen molar-refractivity contribution in [2.24, 2.45) is 0 Å². The summed E-state index contributed by atoms with van der Waals surface area (Å²) in [5.74, 6) is -0.0922. The van der Waals surface area contributed by atoms with E-state index in [1.54, 1.807) is 6.07 Å². The van der Waals surface area contributed by atoms with Gasteiger partial charge in [0, 0.05) is 28.1 Å². The van der Waals surface area contributed by atoms with Crippen molar-refractivity contribution in [3.63, 3.8) is 0 Å². The highest BCUT2D eigenvalue weighted by Gasteiger charge is 2.31. The molecule has 1 aliphatic rings. The molecule has 0 aromatic heterocycles. The van der Waals surface area contributed by atoms with E-state index < -0.39 is 0 Å². The average Bonchev–Trinajstić information content (AvgIpc) is 2.53. The summed E-state index contributed by atoms with van der Waals surface area (Å²) in [6.07, 6.45) is 2.95. The number of carbonyl (C=O) groups excluding carboxylic acids is 1. The first-order valence-corrected chi connectivity index (χ1v) is 7.86. The van der Waals surface area contributed by atoms with Gasteiger partial charge in [-0.05, 0) is 24.5 Å². The third kappa shape index (κ3) is 2.11. The molecule has 0 bridgehead atoms. The Bertz CT molecular complexity index is 796. The number of rotatable bonds is 3. The van der Waals surface area contributed by atoms with Crippen molar-refractivity contribution in [1.82, 2.24) is 0 Å². The van der Waals surface area contributed by atoms with Crippen molar-refractivity contribution in [1.29, 1.82) is 0 Å². The number of hydrogen-bond donors (Lipinski definition) is 2. The molecule has 0 saturated carbocycles. The summed E-state index contributed by atoms with van der Waals surface area (Å²) < 4.78 is 0. The van der Waals surface area contributed by atoms with Crippen molar-refractivity contribution in [2.75, 3.05) is 11.5 Å². The van der Waals surface area contributed by atoms with Gasteiger partial charge < -0.3 is 11.5 Å². The summed E-state index contributed by atoms with van der Waals surface area (Å²) >= 11 is 5.60. The Balaban J connectivity index is 2.24. The topological polar surface area (TPSA) is 69.1 Å². The third-order valence-corrected chi connectivity index (χ3v) is 4.58. The van der Waals surface area contributed by atoms with Crippen LogP contribution in [-0.4, -0.2) is 10.6 Å². The summed E-state index contributed by atoms with van der Waals surface area (Å²) in [6.45, 7) is 2.13. The van der Waals surface area contributed by atoms with Crippen LogP contribution in [0.25, 0.3) is 0 Å². The number of carbonyl (C=O) groups is 1. The van der Waals surface area contributed by atoms with E-state index >= 15 is 0 Å². The Kier molecular flexibility index (Phi) is 3.71. The number of aryl methyl sites for hydroxylation is 1. The van der Waals surface area contributed by atoms with E-state index in [-0.39, 0.29) is 5.78 Å². The molecule has 4 N–H and O–H groups in total. The van der Waals surface area contributed by atoms with Gasteiger partial charge in [0.15, 0.2) is 5.78 Å². The molecule has 22 heavy (non-hydrogen) atoms. The number of benzene rings is 2. The zero-order valence-electron chi connectivity index (χ0n) is 12.5. The number of nitrogens with two attached hydrogens (primary N) is 2. The van der Waals surface area contributed by atoms with Crippen LogP contribution in [0.2, 0.25) is 0 Å². The molecular formula is C18H18N2OS. The lowest BCUT2D eigenvalue weighted by atomic mass is 9.81. The highest BCUT2D eigenvalue weighted by atomic mass is 32.1. The number of nitrogen functional groups attached to an aromatic ring is 2. The average molecular weight is 310 g/mol. The van der Waals surface area contributed by atoms with Crippen LogP contribution in [-0.2, 0) is 6.42 Å². The summed E-state index contributed by atoms with van der Waals surface area (Å²) in [4.78, 5) is 13.4. The van der Waals surface area contributed by atoms with Crippen molar-refractivity contribution >= 4 is 34.2 Å². The number of ketones is 1. The molecule has 2 aromatic rings. The first-order chi connectivity index (χ1) is 10.6. The van der Waals surface area contributed by atoms with Gasteiger partial charge in [-0.3, -0.25) is 4.79 Å². The highest BCUT2D eigenvalue weighted by molar-refractivity contribution is 7.81. The molecule has 2 aromatic carbocycles. The second kappa shape index (κ2) is 5.54. The van der Waals surface area contributed by atoms with Crippen LogP contribution >= 0.6 is 12.2 Å².